The Bertz CT molecular complexity index is 790. The Kier molecular flexibility index (Phi) is 5.88. The lowest BCUT2D eigenvalue weighted by atomic mass is 10.2. The summed E-state index contributed by atoms with van der Waals surface area (Å²) in [6.07, 6.45) is 1.69. The van der Waals surface area contributed by atoms with Crippen LogP contribution in [-0.2, 0) is 16.0 Å². The number of aryl methyl sites for hydroxylation is 1. The standard InChI is InChI=1S/C19H23N3O3S/c1-14-5-3-6-16(11-14)25-10-9-21(2)18(24)12-15-13-26-19(20-15)22-8-4-7-17(22)23/h3,5-6,11,13H,4,7-10,12H2,1-2H3. The quantitative estimate of drug-likeness (QED) is 0.749. The van der Waals surface area contributed by atoms with Crippen LogP contribution in [0.1, 0.15) is 24.1 Å². The number of nitrogens with zero attached hydrogens (tertiary/aromatic N) is 3. The highest BCUT2D eigenvalue weighted by Crippen LogP contribution is 2.25. The molecule has 2 heterocycles. The van der Waals surface area contributed by atoms with E-state index < -0.39 is 0 Å². The first-order valence-corrected chi connectivity index (χ1v) is 9.59. The number of carbonyl (C=O) groups is 2. The maximum absolute atomic E-state index is 12.4. The minimum absolute atomic E-state index is 0.0116. The molecule has 2 amide bonds. The number of hydrogen-bond donors (Lipinski definition) is 0. The van der Waals surface area contributed by atoms with Gasteiger partial charge in [0.15, 0.2) is 5.13 Å². The van der Waals surface area contributed by atoms with Crippen molar-refractivity contribution in [1.82, 2.24) is 9.88 Å². The van der Waals surface area contributed by atoms with Crippen LogP contribution in [0.4, 0.5) is 5.13 Å². The zero-order valence-electron chi connectivity index (χ0n) is 15.1. The second kappa shape index (κ2) is 8.31. The van der Waals surface area contributed by atoms with Gasteiger partial charge in [0, 0.05) is 25.4 Å². The van der Waals surface area contributed by atoms with Gasteiger partial charge in [0.2, 0.25) is 11.8 Å². The van der Waals surface area contributed by atoms with E-state index in [1.807, 2.05) is 36.6 Å². The SMILES string of the molecule is Cc1cccc(OCCN(C)C(=O)Cc2csc(N3CCCC3=O)n2)c1. The summed E-state index contributed by atoms with van der Waals surface area (Å²) in [5, 5.41) is 2.55. The lowest BCUT2D eigenvalue weighted by molar-refractivity contribution is -0.129. The summed E-state index contributed by atoms with van der Waals surface area (Å²) in [7, 11) is 1.76. The van der Waals surface area contributed by atoms with Gasteiger partial charge in [0.1, 0.15) is 12.4 Å². The van der Waals surface area contributed by atoms with Crippen molar-refractivity contribution >= 4 is 28.3 Å². The fourth-order valence-corrected chi connectivity index (χ4v) is 3.64. The molecule has 1 aliphatic heterocycles. The Morgan fingerprint density at radius 3 is 3.00 bits per heavy atom. The average Bonchev–Trinajstić information content (AvgIpc) is 3.23. The zero-order valence-corrected chi connectivity index (χ0v) is 15.9. The van der Waals surface area contributed by atoms with Crippen LogP contribution in [-0.4, -0.2) is 48.4 Å². The van der Waals surface area contributed by atoms with Gasteiger partial charge in [-0.25, -0.2) is 4.98 Å². The molecule has 1 aromatic heterocycles. The molecule has 138 valence electrons. The number of anilines is 1. The molecule has 1 aromatic carbocycles. The summed E-state index contributed by atoms with van der Waals surface area (Å²) >= 11 is 1.42. The Morgan fingerprint density at radius 2 is 2.27 bits per heavy atom. The van der Waals surface area contributed by atoms with E-state index >= 15 is 0 Å². The predicted octanol–water partition coefficient (Wildman–Crippen LogP) is 2.66. The third-order valence-electron chi connectivity index (χ3n) is 4.29. The van der Waals surface area contributed by atoms with Crippen molar-refractivity contribution in [2.75, 3.05) is 31.6 Å². The molecule has 0 N–H and O–H groups in total. The van der Waals surface area contributed by atoms with Crippen LogP contribution in [0, 0.1) is 6.92 Å². The number of thiazole rings is 1. The molecule has 26 heavy (non-hydrogen) atoms. The average molecular weight is 373 g/mol. The van der Waals surface area contributed by atoms with Crippen LogP contribution in [0.2, 0.25) is 0 Å². The third-order valence-corrected chi connectivity index (χ3v) is 5.20. The summed E-state index contributed by atoms with van der Waals surface area (Å²) < 4.78 is 5.69. The molecule has 6 nitrogen and oxygen atoms in total. The van der Waals surface area contributed by atoms with Crippen LogP contribution >= 0.6 is 11.3 Å². The van der Waals surface area contributed by atoms with Crippen LogP contribution in [0.3, 0.4) is 0 Å². The minimum Gasteiger partial charge on any atom is -0.492 e. The van der Waals surface area contributed by atoms with Gasteiger partial charge in [0.25, 0.3) is 0 Å². The molecular weight excluding hydrogens is 350 g/mol. The van der Waals surface area contributed by atoms with E-state index in [-0.39, 0.29) is 18.2 Å². The lowest BCUT2D eigenvalue weighted by Gasteiger charge is -2.17. The highest BCUT2D eigenvalue weighted by molar-refractivity contribution is 7.14. The van der Waals surface area contributed by atoms with Crippen molar-refractivity contribution in [3.8, 4) is 5.75 Å². The second-order valence-corrected chi connectivity index (χ2v) is 7.26. The second-order valence-electron chi connectivity index (χ2n) is 6.43. The molecule has 7 heteroatoms. The van der Waals surface area contributed by atoms with E-state index in [1.165, 1.54) is 11.3 Å². The number of carbonyl (C=O) groups excluding carboxylic acids is 2. The van der Waals surface area contributed by atoms with E-state index in [4.69, 9.17) is 4.74 Å². The summed E-state index contributed by atoms with van der Waals surface area (Å²) in [4.78, 5) is 31.9. The van der Waals surface area contributed by atoms with Gasteiger partial charge in [-0.05, 0) is 31.0 Å². The van der Waals surface area contributed by atoms with Crippen LogP contribution in [0.25, 0.3) is 0 Å². The molecule has 2 aromatic rings. The van der Waals surface area contributed by atoms with Gasteiger partial charge in [-0.1, -0.05) is 12.1 Å². The Labute approximate surface area is 157 Å². The molecular formula is C19H23N3O3S. The first-order chi connectivity index (χ1) is 12.5. The first kappa shape index (κ1) is 18.4. The van der Waals surface area contributed by atoms with Crippen molar-refractivity contribution < 1.29 is 14.3 Å². The summed E-state index contributed by atoms with van der Waals surface area (Å²) in [5.41, 5.74) is 1.85. The number of ether oxygens (including phenoxy) is 1. The monoisotopic (exact) mass is 373 g/mol. The van der Waals surface area contributed by atoms with Crippen molar-refractivity contribution in [3.05, 3.63) is 40.9 Å². The van der Waals surface area contributed by atoms with E-state index in [0.717, 1.165) is 24.3 Å². The molecule has 0 spiro atoms. The van der Waals surface area contributed by atoms with Gasteiger partial charge >= 0.3 is 0 Å². The smallest absolute Gasteiger partial charge is 0.228 e. The van der Waals surface area contributed by atoms with Crippen molar-refractivity contribution in [1.29, 1.82) is 0 Å². The molecule has 0 bridgehead atoms. The minimum atomic E-state index is -0.0116. The summed E-state index contributed by atoms with van der Waals surface area (Å²) in [6, 6.07) is 7.84. The fraction of sp³-hybridized carbons (Fsp3) is 0.421. The van der Waals surface area contributed by atoms with Gasteiger partial charge in [-0.2, -0.15) is 0 Å². The van der Waals surface area contributed by atoms with Crippen LogP contribution < -0.4 is 9.64 Å². The number of likely N-dealkylation sites (N-methyl/N-ethyl adjacent to an activating group) is 1. The molecule has 0 aliphatic carbocycles. The molecule has 0 radical (unpaired) electrons. The van der Waals surface area contributed by atoms with Gasteiger partial charge < -0.3 is 9.64 Å². The summed E-state index contributed by atoms with van der Waals surface area (Å²) in [5.74, 6) is 0.912. The molecule has 0 unspecified atom stereocenters. The highest BCUT2D eigenvalue weighted by Gasteiger charge is 2.24. The predicted molar refractivity (Wildman–Crippen MR) is 102 cm³/mol. The summed E-state index contributed by atoms with van der Waals surface area (Å²) in [6.45, 7) is 3.68. The van der Waals surface area contributed by atoms with Crippen LogP contribution in [0.15, 0.2) is 29.6 Å². The molecule has 1 aliphatic rings. The number of aromatic nitrogens is 1. The zero-order chi connectivity index (χ0) is 18.5. The van der Waals surface area contributed by atoms with E-state index in [2.05, 4.69) is 4.98 Å². The largest absolute Gasteiger partial charge is 0.492 e. The maximum Gasteiger partial charge on any atom is 0.228 e. The van der Waals surface area contributed by atoms with Gasteiger partial charge in [0.05, 0.1) is 18.7 Å². The topological polar surface area (TPSA) is 62.7 Å². The fourth-order valence-electron chi connectivity index (χ4n) is 2.77. The number of rotatable bonds is 7. The maximum atomic E-state index is 12.4. The first-order valence-electron chi connectivity index (χ1n) is 8.71. The van der Waals surface area contributed by atoms with Crippen molar-refractivity contribution in [2.45, 2.75) is 26.2 Å². The van der Waals surface area contributed by atoms with Crippen molar-refractivity contribution in [3.63, 3.8) is 0 Å². The number of hydrogen-bond acceptors (Lipinski definition) is 5. The Balaban J connectivity index is 1.47. The number of amides is 2. The third kappa shape index (κ3) is 4.60. The molecule has 3 rings (SSSR count). The molecule has 0 atom stereocenters. The number of benzene rings is 1. The molecule has 1 fully saturated rings. The lowest BCUT2D eigenvalue weighted by Crippen LogP contribution is -2.32. The Morgan fingerprint density at radius 1 is 1.42 bits per heavy atom. The van der Waals surface area contributed by atoms with E-state index in [0.29, 0.717) is 30.4 Å². The van der Waals surface area contributed by atoms with Crippen LogP contribution in [0.5, 0.6) is 5.75 Å². The van der Waals surface area contributed by atoms with E-state index in [1.54, 1.807) is 16.8 Å². The van der Waals surface area contributed by atoms with Gasteiger partial charge in [-0.15, -0.1) is 11.3 Å². The molecule has 0 saturated carbocycles. The molecule has 1 saturated heterocycles. The van der Waals surface area contributed by atoms with E-state index in [9.17, 15) is 9.59 Å². The van der Waals surface area contributed by atoms with Crippen molar-refractivity contribution in [2.24, 2.45) is 0 Å². The Hall–Kier alpha value is -2.41. The van der Waals surface area contributed by atoms with Gasteiger partial charge in [-0.3, -0.25) is 14.5 Å². The highest BCUT2D eigenvalue weighted by atomic mass is 32.1. The normalized spacial score (nSPS) is 13.9.